The van der Waals surface area contributed by atoms with Crippen molar-refractivity contribution in [1.82, 2.24) is 0 Å². The Morgan fingerprint density at radius 2 is 2.11 bits per heavy atom. The van der Waals surface area contributed by atoms with E-state index >= 15 is 0 Å². The van der Waals surface area contributed by atoms with Gasteiger partial charge in [-0.25, -0.2) is 0 Å². The van der Waals surface area contributed by atoms with Gasteiger partial charge in [0.2, 0.25) is 0 Å². The van der Waals surface area contributed by atoms with Crippen LogP contribution in [0.25, 0.3) is 0 Å². The minimum absolute atomic E-state index is 0.0406. The molecule has 0 fully saturated rings. The van der Waals surface area contributed by atoms with Gasteiger partial charge in [0, 0.05) is 0 Å². The molecule has 19 heavy (non-hydrogen) atoms. The number of carbonyl (C=O) groups is 1. The Kier molecular flexibility index (Phi) is 6.40. The summed E-state index contributed by atoms with van der Waals surface area (Å²) in [6.45, 7) is 4.14. The Labute approximate surface area is 115 Å². The highest BCUT2D eigenvalue weighted by molar-refractivity contribution is 5.68. The van der Waals surface area contributed by atoms with Crippen LogP contribution in [0.1, 0.15) is 56.1 Å². The molecule has 1 rings (SSSR count). The zero-order valence-corrected chi connectivity index (χ0v) is 12.1. The minimum atomic E-state index is -0.745. The molecule has 1 atom stereocenters. The van der Waals surface area contributed by atoms with Gasteiger partial charge in [-0.15, -0.1) is 0 Å². The van der Waals surface area contributed by atoms with Gasteiger partial charge in [-0.05, 0) is 30.4 Å². The maximum absolute atomic E-state index is 11.1. The first-order valence-electron chi connectivity index (χ1n) is 6.95. The summed E-state index contributed by atoms with van der Waals surface area (Å²) in [5.74, 6) is 0.134. The molecular formula is C16H24O3. The maximum Gasteiger partial charge on any atom is 0.303 e. The summed E-state index contributed by atoms with van der Waals surface area (Å²) in [6.07, 6.45) is 4.42. The van der Waals surface area contributed by atoms with Crippen LogP contribution in [0.3, 0.4) is 0 Å². The SMILES string of the molecule is CCCCCC(CC(=O)O)c1cccc(C)c1OC. The molecule has 1 N–H and O–H groups in total. The van der Waals surface area contributed by atoms with Crippen LogP contribution in [0.5, 0.6) is 5.75 Å². The topological polar surface area (TPSA) is 46.5 Å². The van der Waals surface area contributed by atoms with Gasteiger partial charge >= 0.3 is 5.97 Å². The molecule has 0 saturated heterocycles. The number of aryl methyl sites for hydroxylation is 1. The zero-order chi connectivity index (χ0) is 14.3. The molecule has 0 aromatic heterocycles. The number of aliphatic carboxylic acids is 1. The normalized spacial score (nSPS) is 12.2. The molecule has 0 bridgehead atoms. The predicted octanol–water partition coefficient (Wildman–Crippen LogP) is 4.14. The third-order valence-electron chi connectivity index (χ3n) is 3.46. The van der Waals surface area contributed by atoms with Crippen LogP contribution in [0.15, 0.2) is 18.2 Å². The van der Waals surface area contributed by atoms with E-state index in [1.165, 1.54) is 0 Å². The first-order valence-corrected chi connectivity index (χ1v) is 6.95. The predicted molar refractivity (Wildman–Crippen MR) is 76.9 cm³/mol. The fourth-order valence-electron chi connectivity index (χ4n) is 2.49. The fraction of sp³-hybridized carbons (Fsp3) is 0.562. The molecule has 0 aliphatic heterocycles. The second-order valence-corrected chi connectivity index (χ2v) is 4.99. The quantitative estimate of drug-likeness (QED) is 0.718. The molecule has 0 amide bonds. The van der Waals surface area contributed by atoms with Crippen LogP contribution in [-0.2, 0) is 4.79 Å². The van der Waals surface area contributed by atoms with Gasteiger partial charge in [-0.1, -0.05) is 44.4 Å². The van der Waals surface area contributed by atoms with Crippen molar-refractivity contribution >= 4 is 5.97 Å². The lowest BCUT2D eigenvalue weighted by Crippen LogP contribution is -2.08. The monoisotopic (exact) mass is 264 g/mol. The summed E-state index contributed by atoms with van der Waals surface area (Å²) in [4.78, 5) is 11.1. The lowest BCUT2D eigenvalue weighted by atomic mass is 9.88. The van der Waals surface area contributed by atoms with E-state index in [9.17, 15) is 4.79 Å². The molecule has 1 aromatic carbocycles. The number of para-hydroxylation sites is 1. The Hall–Kier alpha value is -1.51. The number of unbranched alkanes of at least 4 members (excludes halogenated alkanes) is 2. The van der Waals surface area contributed by atoms with Crippen LogP contribution >= 0.6 is 0 Å². The smallest absolute Gasteiger partial charge is 0.303 e. The van der Waals surface area contributed by atoms with E-state index in [2.05, 4.69) is 6.92 Å². The molecule has 0 radical (unpaired) electrons. The third kappa shape index (κ3) is 4.58. The van der Waals surface area contributed by atoms with Gasteiger partial charge < -0.3 is 9.84 Å². The van der Waals surface area contributed by atoms with Crippen molar-refractivity contribution < 1.29 is 14.6 Å². The molecule has 3 nitrogen and oxygen atoms in total. The number of rotatable bonds is 8. The van der Waals surface area contributed by atoms with E-state index < -0.39 is 5.97 Å². The van der Waals surface area contributed by atoms with Crippen LogP contribution in [0.2, 0.25) is 0 Å². The second-order valence-electron chi connectivity index (χ2n) is 4.99. The van der Waals surface area contributed by atoms with Gasteiger partial charge in [-0.2, -0.15) is 0 Å². The second kappa shape index (κ2) is 7.82. The first kappa shape index (κ1) is 15.5. The molecule has 3 heteroatoms. The highest BCUT2D eigenvalue weighted by atomic mass is 16.5. The molecule has 0 heterocycles. The van der Waals surface area contributed by atoms with Crippen molar-refractivity contribution in [2.24, 2.45) is 0 Å². The molecule has 0 aliphatic rings. The summed E-state index contributed by atoms with van der Waals surface area (Å²) in [6, 6.07) is 5.96. The molecular weight excluding hydrogens is 240 g/mol. The number of ether oxygens (including phenoxy) is 1. The molecule has 0 saturated carbocycles. The number of methoxy groups -OCH3 is 1. The Bertz CT molecular complexity index is 412. The van der Waals surface area contributed by atoms with Crippen molar-refractivity contribution in [3.63, 3.8) is 0 Å². The number of carboxylic acid groups (broad SMARTS) is 1. The van der Waals surface area contributed by atoms with Crippen LogP contribution in [0, 0.1) is 6.92 Å². The van der Waals surface area contributed by atoms with E-state index in [1.807, 2.05) is 25.1 Å². The van der Waals surface area contributed by atoms with E-state index in [1.54, 1.807) is 7.11 Å². The summed E-state index contributed by atoms with van der Waals surface area (Å²) in [5.41, 5.74) is 2.09. The first-order chi connectivity index (χ1) is 9.10. The molecule has 1 aromatic rings. The van der Waals surface area contributed by atoms with Gasteiger partial charge in [0.1, 0.15) is 5.75 Å². The fourth-order valence-corrected chi connectivity index (χ4v) is 2.49. The van der Waals surface area contributed by atoms with E-state index in [-0.39, 0.29) is 12.3 Å². The van der Waals surface area contributed by atoms with Gasteiger partial charge in [0.25, 0.3) is 0 Å². The minimum Gasteiger partial charge on any atom is -0.496 e. The lowest BCUT2D eigenvalue weighted by molar-refractivity contribution is -0.137. The number of hydrogen-bond donors (Lipinski definition) is 1. The van der Waals surface area contributed by atoms with E-state index in [4.69, 9.17) is 9.84 Å². The van der Waals surface area contributed by atoms with Crippen molar-refractivity contribution in [2.75, 3.05) is 7.11 Å². The van der Waals surface area contributed by atoms with Crippen molar-refractivity contribution in [1.29, 1.82) is 0 Å². The van der Waals surface area contributed by atoms with Gasteiger partial charge in [-0.3, -0.25) is 4.79 Å². The molecule has 1 unspecified atom stereocenters. The standard InChI is InChI=1S/C16H24O3/c1-4-5-6-9-13(11-15(17)18)14-10-7-8-12(2)16(14)19-3/h7-8,10,13H,4-6,9,11H2,1-3H3,(H,17,18). The molecule has 0 aliphatic carbocycles. The van der Waals surface area contributed by atoms with Crippen molar-refractivity contribution in [3.8, 4) is 5.75 Å². The summed E-state index contributed by atoms with van der Waals surface area (Å²) < 4.78 is 5.45. The number of carboxylic acids is 1. The van der Waals surface area contributed by atoms with Gasteiger partial charge in [0.15, 0.2) is 0 Å². The van der Waals surface area contributed by atoms with E-state index in [0.717, 1.165) is 42.6 Å². The zero-order valence-electron chi connectivity index (χ0n) is 12.1. The summed E-state index contributed by atoms with van der Waals surface area (Å²) in [7, 11) is 1.65. The van der Waals surface area contributed by atoms with E-state index in [0.29, 0.717) is 0 Å². The Morgan fingerprint density at radius 1 is 1.37 bits per heavy atom. The average molecular weight is 264 g/mol. The lowest BCUT2D eigenvalue weighted by Gasteiger charge is -2.19. The maximum atomic E-state index is 11.1. The van der Waals surface area contributed by atoms with Crippen molar-refractivity contribution in [3.05, 3.63) is 29.3 Å². The average Bonchev–Trinajstić information content (AvgIpc) is 2.37. The Morgan fingerprint density at radius 3 is 2.68 bits per heavy atom. The number of hydrogen-bond acceptors (Lipinski definition) is 2. The largest absolute Gasteiger partial charge is 0.496 e. The third-order valence-corrected chi connectivity index (χ3v) is 3.46. The van der Waals surface area contributed by atoms with Crippen LogP contribution in [-0.4, -0.2) is 18.2 Å². The van der Waals surface area contributed by atoms with Crippen LogP contribution < -0.4 is 4.74 Å². The van der Waals surface area contributed by atoms with Gasteiger partial charge in [0.05, 0.1) is 13.5 Å². The molecule has 106 valence electrons. The Balaban J connectivity index is 2.95. The van der Waals surface area contributed by atoms with Crippen molar-refractivity contribution in [2.45, 2.75) is 51.9 Å². The summed E-state index contributed by atoms with van der Waals surface area (Å²) >= 11 is 0. The van der Waals surface area contributed by atoms with Crippen LogP contribution in [0.4, 0.5) is 0 Å². The highest BCUT2D eigenvalue weighted by Gasteiger charge is 2.19. The highest BCUT2D eigenvalue weighted by Crippen LogP contribution is 2.35. The summed E-state index contributed by atoms with van der Waals surface area (Å²) in [5, 5.41) is 9.09. The molecule has 0 spiro atoms. The number of benzene rings is 1.